The van der Waals surface area contributed by atoms with Crippen molar-refractivity contribution < 1.29 is 4.79 Å². The second-order valence-electron chi connectivity index (χ2n) is 8.80. The Labute approximate surface area is 206 Å². The molecule has 1 fully saturated rings. The van der Waals surface area contributed by atoms with Gasteiger partial charge in [-0.05, 0) is 42.4 Å². The lowest BCUT2D eigenvalue weighted by Gasteiger charge is -2.42. The third-order valence-corrected chi connectivity index (χ3v) is 8.35. The number of hydrogen-bond donors (Lipinski definition) is 3. The van der Waals surface area contributed by atoms with Crippen molar-refractivity contribution in [1.82, 2.24) is 19.9 Å². The van der Waals surface area contributed by atoms with Gasteiger partial charge in [0.25, 0.3) is 0 Å². The number of carbonyl (C=O) groups is 1. The van der Waals surface area contributed by atoms with Crippen molar-refractivity contribution in [1.29, 1.82) is 0 Å². The smallest absolute Gasteiger partial charge is 0.181 e. The van der Waals surface area contributed by atoms with Crippen LogP contribution < -0.4 is 22.1 Å². The highest BCUT2D eigenvalue weighted by molar-refractivity contribution is 7.99. The van der Waals surface area contributed by atoms with E-state index in [1.54, 1.807) is 12.3 Å². The molecule has 1 aliphatic carbocycles. The zero-order chi connectivity index (χ0) is 24.0. The number of piperidine rings is 1. The summed E-state index contributed by atoms with van der Waals surface area (Å²) in [5, 5.41) is 0.709. The number of anilines is 3. The first kappa shape index (κ1) is 22.8. The summed E-state index contributed by atoms with van der Waals surface area (Å²) >= 11 is 7.47. The fourth-order valence-electron chi connectivity index (χ4n) is 4.89. The summed E-state index contributed by atoms with van der Waals surface area (Å²) in [5.74, 6) is 0.767. The Morgan fingerprint density at radius 3 is 2.62 bits per heavy atom. The van der Waals surface area contributed by atoms with Crippen molar-refractivity contribution in [3.63, 3.8) is 0 Å². The molecule has 1 saturated heterocycles. The molecule has 176 valence electrons. The first-order valence-corrected chi connectivity index (χ1v) is 12.2. The van der Waals surface area contributed by atoms with Gasteiger partial charge in [0.15, 0.2) is 17.4 Å². The predicted molar refractivity (Wildman–Crippen MR) is 133 cm³/mol. The first-order chi connectivity index (χ1) is 16.3. The van der Waals surface area contributed by atoms with Gasteiger partial charge in [-0.25, -0.2) is 15.0 Å². The molecule has 1 aliphatic heterocycles. The molecule has 34 heavy (non-hydrogen) atoms. The van der Waals surface area contributed by atoms with Gasteiger partial charge in [0, 0.05) is 49.0 Å². The zero-order valence-corrected chi connectivity index (χ0v) is 20.2. The number of rotatable bonds is 4. The molecule has 6 N–H and O–H groups in total. The molecule has 0 bridgehead atoms. The molecule has 1 spiro atoms. The number of carbonyl (C=O) groups excluding carboxylic acids is 1. The molecular weight excluding hydrogens is 472 g/mol. The van der Waals surface area contributed by atoms with Gasteiger partial charge in [0.1, 0.15) is 16.5 Å². The molecule has 3 aromatic heterocycles. The number of nitrogens with two attached hydrogens (primary N) is 3. The van der Waals surface area contributed by atoms with Crippen LogP contribution in [0.5, 0.6) is 0 Å². The monoisotopic (exact) mass is 496 g/mol. The molecule has 0 saturated carbocycles. The summed E-state index contributed by atoms with van der Waals surface area (Å²) in [6.45, 7) is 2.89. The lowest BCUT2D eigenvalue weighted by molar-refractivity contribution is 0.101. The molecule has 3 aromatic rings. The molecule has 0 unspecified atom stereocenters. The average Bonchev–Trinajstić information content (AvgIpc) is 3.09. The Kier molecular flexibility index (Phi) is 5.83. The lowest BCUT2D eigenvalue weighted by atomic mass is 9.73. The van der Waals surface area contributed by atoms with Crippen molar-refractivity contribution in [2.45, 2.75) is 42.1 Å². The molecule has 0 aromatic carbocycles. The topological polar surface area (TPSA) is 150 Å². The molecule has 0 amide bonds. The number of nitrogens with zero attached hydrogens (tertiary/aromatic N) is 5. The molecular formula is C23H25ClN8OS. The van der Waals surface area contributed by atoms with Gasteiger partial charge >= 0.3 is 0 Å². The Balaban J connectivity index is 1.40. The van der Waals surface area contributed by atoms with Gasteiger partial charge in [-0.2, -0.15) is 0 Å². The van der Waals surface area contributed by atoms with E-state index in [-0.39, 0.29) is 34.6 Å². The Hall–Kier alpha value is -2.95. The molecule has 11 heteroatoms. The van der Waals surface area contributed by atoms with Gasteiger partial charge in [-0.1, -0.05) is 29.4 Å². The fourth-order valence-corrected chi connectivity index (χ4v) is 5.93. The van der Waals surface area contributed by atoms with Gasteiger partial charge < -0.3 is 22.1 Å². The zero-order valence-electron chi connectivity index (χ0n) is 18.7. The average molecular weight is 497 g/mol. The minimum atomic E-state index is -0.181. The number of Topliss-reactive ketones (excluding diaryl/α,β-unsaturated/α-hetero) is 1. The number of ketones is 1. The predicted octanol–water partition coefficient (Wildman–Crippen LogP) is 3.28. The van der Waals surface area contributed by atoms with Crippen LogP contribution in [-0.2, 0) is 6.42 Å². The summed E-state index contributed by atoms with van der Waals surface area (Å²) in [4.78, 5) is 32.9. The summed E-state index contributed by atoms with van der Waals surface area (Å²) in [7, 11) is 0. The Morgan fingerprint density at radius 1 is 1.15 bits per heavy atom. The van der Waals surface area contributed by atoms with Gasteiger partial charge in [-0.15, -0.1) is 0 Å². The fraction of sp³-hybridized carbons (Fsp3) is 0.348. The van der Waals surface area contributed by atoms with Crippen LogP contribution in [0, 0.1) is 5.41 Å². The van der Waals surface area contributed by atoms with E-state index >= 15 is 0 Å². The van der Waals surface area contributed by atoms with E-state index in [0.29, 0.717) is 33.9 Å². The standard InChI is InChI=1S/C23H25ClN8OS/c1-12(33)17-21(31-20(27)22(30-17)34-15-4-8-29-19(26)16(15)24)32-9-5-23(6-10-32)11-14-13(18(23)25)3-2-7-28-14/h2-4,7-8,18H,5-6,9-11,25H2,1H3,(H2,26,29)(H2,27,31)/t18-/m1/s1. The molecule has 1 atom stereocenters. The minimum Gasteiger partial charge on any atom is -0.382 e. The SMILES string of the molecule is CC(=O)c1nc(Sc2ccnc(N)c2Cl)c(N)nc1N1CCC2(CC1)Cc1ncccc1[C@H]2N. The van der Waals surface area contributed by atoms with E-state index in [9.17, 15) is 4.79 Å². The van der Waals surface area contributed by atoms with E-state index in [4.69, 9.17) is 28.8 Å². The van der Waals surface area contributed by atoms with Crippen molar-refractivity contribution >= 4 is 46.6 Å². The maximum absolute atomic E-state index is 12.5. The van der Waals surface area contributed by atoms with E-state index in [1.807, 2.05) is 12.3 Å². The normalized spacial score (nSPS) is 18.8. The van der Waals surface area contributed by atoms with E-state index < -0.39 is 0 Å². The molecule has 2 aliphatic rings. The summed E-state index contributed by atoms with van der Waals surface area (Å²) in [6.07, 6.45) is 5.98. The maximum atomic E-state index is 12.5. The maximum Gasteiger partial charge on any atom is 0.181 e. The van der Waals surface area contributed by atoms with Crippen molar-refractivity contribution in [3.8, 4) is 0 Å². The van der Waals surface area contributed by atoms with Crippen molar-refractivity contribution in [2.75, 3.05) is 29.5 Å². The van der Waals surface area contributed by atoms with E-state index in [2.05, 4.69) is 30.9 Å². The summed E-state index contributed by atoms with van der Waals surface area (Å²) < 4.78 is 0. The summed E-state index contributed by atoms with van der Waals surface area (Å²) in [5.41, 5.74) is 21.2. The number of pyridine rings is 2. The minimum absolute atomic E-state index is 0.0314. The highest BCUT2D eigenvalue weighted by Crippen LogP contribution is 2.50. The van der Waals surface area contributed by atoms with Crippen LogP contribution in [-0.4, -0.2) is 38.8 Å². The number of fused-ring (bicyclic) bond motifs is 1. The van der Waals surface area contributed by atoms with Crippen LogP contribution in [0.3, 0.4) is 0 Å². The second-order valence-corrected chi connectivity index (χ2v) is 10.2. The number of halogens is 1. The van der Waals surface area contributed by atoms with Crippen LogP contribution in [0.4, 0.5) is 17.5 Å². The Bertz CT molecular complexity index is 1280. The number of hydrogen-bond acceptors (Lipinski definition) is 10. The van der Waals surface area contributed by atoms with Crippen LogP contribution >= 0.6 is 23.4 Å². The van der Waals surface area contributed by atoms with Gasteiger partial charge in [0.2, 0.25) is 0 Å². The largest absolute Gasteiger partial charge is 0.382 e. The quantitative estimate of drug-likeness (QED) is 0.459. The lowest BCUT2D eigenvalue weighted by Crippen LogP contribution is -2.45. The van der Waals surface area contributed by atoms with Crippen molar-refractivity contribution in [3.05, 3.63) is 52.6 Å². The second kappa shape index (κ2) is 8.68. The number of aromatic nitrogens is 4. The van der Waals surface area contributed by atoms with Crippen LogP contribution in [0.1, 0.15) is 47.6 Å². The number of nitrogen functional groups attached to an aromatic ring is 2. The van der Waals surface area contributed by atoms with E-state index in [1.165, 1.54) is 18.7 Å². The molecule has 4 heterocycles. The Morgan fingerprint density at radius 2 is 1.91 bits per heavy atom. The molecule has 9 nitrogen and oxygen atoms in total. The van der Waals surface area contributed by atoms with Gasteiger partial charge in [-0.3, -0.25) is 9.78 Å². The summed E-state index contributed by atoms with van der Waals surface area (Å²) in [6, 6.07) is 5.69. The van der Waals surface area contributed by atoms with Crippen LogP contribution in [0.25, 0.3) is 0 Å². The van der Waals surface area contributed by atoms with Crippen LogP contribution in [0.2, 0.25) is 5.02 Å². The third kappa shape index (κ3) is 3.85. The highest BCUT2D eigenvalue weighted by atomic mass is 35.5. The first-order valence-electron chi connectivity index (χ1n) is 11.0. The van der Waals surface area contributed by atoms with Gasteiger partial charge in [0.05, 0.1) is 5.02 Å². The van der Waals surface area contributed by atoms with Crippen LogP contribution in [0.15, 0.2) is 40.5 Å². The van der Waals surface area contributed by atoms with Crippen molar-refractivity contribution in [2.24, 2.45) is 11.1 Å². The molecule has 0 radical (unpaired) electrons. The molecule has 5 rings (SSSR count). The highest BCUT2D eigenvalue weighted by Gasteiger charge is 2.47. The van der Waals surface area contributed by atoms with E-state index in [0.717, 1.165) is 30.5 Å². The third-order valence-electron chi connectivity index (χ3n) is 6.79.